The van der Waals surface area contributed by atoms with E-state index in [4.69, 9.17) is 0 Å². The SMILES string of the molecule is BrCc1cccc(-c2ncc(Br)cn2)n1. The molecular weight excluding hydrogens is 322 g/mol. The van der Waals surface area contributed by atoms with Gasteiger partial charge in [-0.1, -0.05) is 22.0 Å². The highest BCUT2D eigenvalue weighted by Gasteiger charge is 2.02. The minimum atomic E-state index is 0.640. The predicted octanol–water partition coefficient (Wildman–Crippen LogP) is 3.20. The van der Waals surface area contributed by atoms with Crippen molar-refractivity contribution in [2.45, 2.75) is 5.33 Å². The van der Waals surface area contributed by atoms with Gasteiger partial charge in [-0.25, -0.2) is 15.0 Å². The highest BCUT2D eigenvalue weighted by Crippen LogP contribution is 2.14. The third-order valence-electron chi connectivity index (χ3n) is 1.79. The van der Waals surface area contributed by atoms with Gasteiger partial charge in [-0.2, -0.15) is 0 Å². The Morgan fingerprint density at radius 1 is 1.13 bits per heavy atom. The summed E-state index contributed by atoms with van der Waals surface area (Å²) in [5, 5.41) is 0.734. The van der Waals surface area contributed by atoms with Gasteiger partial charge in [0.25, 0.3) is 0 Å². The summed E-state index contributed by atoms with van der Waals surface area (Å²) in [5.41, 5.74) is 1.76. The molecule has 0 aromatic carbocycles. The van der Waals surface area contributed by atoms with E-state index in [2.05, 4.69) is 46.8 Å². The highest BCUT2D eigenvalue weighted by molar-refractivity contribution is 9.10. The zero-order chi connectivity index (χ0) is 10.7. The van der Waals surface area contributed by atoms with Crippen LogP contribution in [0.15, 0.2) is 35.1 Å². The maximum Gasteiger partial charge on any atom is 0.178 e. The topological polar surface area (TPSA) is 38.7 Å². The molecule has 0 amide bonds. The van der Waals surface area contributed by atoms with Crippen molar-refractivity contribution in [3.63, 3.8) is 0 Å². The molecule has 0 unspecified atom stereocenters. The third kappa shape index (κ3) is 2.60. The number of rotatable bonds is 2. The van der Waals surface area contributed by atoms with E-state index in [9.17, 15) is 0 Å². The van der Waals surface area contributed by atoms with Gasteiger partial charge in [0, 0.05) is 17.7 Å². The first-order chi connectivity index (χ1) is 7.29. The van der Waals surface area contributed by atoms with Gasteiger partial charge < -0.3 is 0 Å². The lowest BCUT2D eigenvalue weighted by Crippen LogP contribution is -1.93. The van der Waals surface area contributed by atoms with Crippen molar-refractivity contribution in [3.8, 4) is 11.5 Å². The van der Waals surface area contributed by atoms with Gasteiger partial charge in [0.2, 0.25) is 0 Å². The second-order valence-corrected chi connectivity index (χ2v) is 4.35. The highest BCUT2D eigenvalue weighted by atomic mass is 79.9. The van der Waals surface area contributed by atoms with Crippen LogP contribution in [0, 0.1) is 0 Å². The third-order valence-corrected chi connectivity index (χ3v) is 2.78. The molecule has 0 fully saturated rings. The van der Waals surface area contributed by atoms with Crippen molar-refractivity contribution in [2.24, 2.45) is 0 Å². The average Bonchev–Trinajstić information content (AvgIpc) is 2.30. The molecule has 76 valence electrons. The maximum atomic E-state index is 4.40. The molecule has 0 bridgehead atoms. The van der Waals surface area contributed by atoms with E-state index in [1.165, 1.54) is 0 Å². The standard InChI is InChI=1S/C10H7Br2N3/c11-4-8-2-1-3-9(15-8)10-13-5-7(12)6-14-10/h1-3,5-6H,4H2. The number of halogens is 2. The second kappa shape index (κ2) is 4.81. The molecule has 0 aliphatic heterocycles. The molecule has 15 heavy (non-hydrogen) atoms. The molecule has 2 aromatic heterocycles. The van der Waals surface area contributed by atoms with Gasteiger partial charge >= 0.3 is 0 Å². The van der Waals surface area contributed by atoms with E-state index >= 15 is 0 Å². The first-order valence-corrected chi connectivity index (χ1v) is 6.21. The molecule has 0 spiro atoms. The van der Waals surface area contributed by atoms with E-state index in [1.807, 2.05) is 18.2 Å². The smallest absolute Gasteiger partial charge is 0.178 e. The van der Waals surface area contributed by atoms with Gasteiger partial charge in [-0.05, 0) is 28.1 Å². The zero-order valence-corrected chi connectivity index (χ0v) is 10.9. The van der Waals surface area contributed by atoms with Gasteiger partial charge in [0.1, 0.15) is 5.69 Å². The summed E-state index contributed by atoms with van der Waals surface area (Å²) in [5.74, 6) is 0.640. The molecule has 0 N–H and O–H groups in total. The van der Waals surface area contributed by atoms with E-state index in [-0.39, 0.29) is 0 Å². The Kier molecular flexibility index (Phi) is 3.43. The molecular formula is C10H7Br2N3. The lowest BCUT2D eigenvalue weighted by atomic mass is 10.3. The fraction of sp³-hybridized carbons (Fsp3) is 0.100. The van der Waals surface area contributed by atoms with Gasteiger partial charge in [-0.3, -0.25) is 0 Å². The molecule has 5 heteroatoms. The second-order valence-electron chi connectivity index (χ2n) is 2.87. The van der Waals surface area contributed by atoms with Crippen LogP contribution in [0.4, 0.5) is 0 Å². The molecule has 2 heterocycles. The number of hydrogen-bond donors (Lipinski definition) is 0. The molecule has 0 atom stereocenters. The number of alkyl halides is 1. The van der Waals surface area contributed by atoms with Gasteiger partial charge in [0.15, 0.2) is 5.82 Å². The normalized spacial score (nSPS) is 10.3. The molecule has 2 aromatic rings. The monoisotopic (exact) mass is 327 g/mol. The zero-order valence-electron chi connectivity index (χ0n) is 7.69. The lowest BCUT2D eigenvalue weighted by Gasteiger charge is -2.00. The largest absolute Gasteiger partial charge is 0.249 e. The molecule has 3 nitrogen and oxygen atoms in total. The summed E-state index contributed by atoms with van der Waals surface area (Å²) in [7, 11) is 0. The fourth-order valence-electron chi connectivity index (χ4n) is 1.12. The van der Waals surface area contributed by atoms with E-state index < -0.39 is 0 Å². The van der Waals surface area contributed by atoms with Crippen LogP contribution in [-0.4, -0.2) is 15.0 Å². The Balaban J connectivity index is 2.40. The average molecular weight is 329 g/mol. The van der Waals surface area contributed by atoms with Crippen molar-refractivity contribution in [3.05, 3.63) is 40.8 Å². The summed E-state index contributed by atoms with van der Waals surface area (Å²) >= 11 is 6.66. The number of hydrogen-bond acceptors (Lipinski definition) is 3. The van der Waals surface area contributed by atoms with Crippen LogP contribution in [-0.2, 0) is 5.33 Å². The Hall–Kier alpha value is -0.810. The minimum Gasteiger partial charge on any atom is -0.249 e. The van der Waals surface area contributed by atoms with Crippen molar-refractivity contribution < 1.29 is 0 Å². The number of pyridine rings is 1. The van der Waals surface area contributed by atoms with Crippen LogP contribution in [0.25, 0.3) is 11.5 Å². The number of nitrogens with zero attached hydrogens (tertiary/aromatic N) is 3. The van der Waals surface area contributed by atoms with E-state index in [0.29, 0.717) is 5.82 Å². The Morgan fingerprint density at radius 3 is 2.53 bits per heavy atom. The van der Waals surface area contributed by atoms with Crippen molar-refractivity contribution >= 4 is 31.9 Å². The maximum absolute atomic E-state index is 4.40. The van der Waals surface area contributed by atoms with Crippen LogP contribution < -0.4 is 0 Å². The summed E-state index contributed by atoms with van der Waals surface area (Å²) < 4.78 is 0.864. The van der Waals surface area contributed by atoms with Gasteiger partial charge in [-0.15, -0.1) is 0 Å². The quantitative estimate of drug-likeness (QED) is 0.795. The first-order valence-electron chi connectivity index (χ1n) is 4.29. The van der Waals surface area contributed by atoms with Crippen molar-refractivity contribution in [1.82, 2.24) is 15.0 Å². The molecule has 0 aliphatic carbocycles. The summed E-state index contributed by atoms with van der Waals surface area (Å²) in [4.78, 5) is 12.8. The number of aromatic nitrogens is 3. The van der Waals surface area contributed by atoms with E-state index in [1.54, 1.807) is 12.4 Å². The summed E-state index contributed by atoms with van der Waals surface area (Å²) in [6, 6.07) is 5.80. The molecule has 0 aliphatic rings. The summed E-state index contributed by atoms with van der Waals surface area (Å²) in [6.07, 6.45) is 3.43. The fourth-order valence-corrected chi connectivity index (χ4v) is 1.64. The lowest BCUT2D eigenvalue weighted by molar-refractivity contribution is 1.10. The minimum absolute atomic E-state index is 0.640. The van der Waals surface area contributed by atoms with Crippen LogP contribution in [0.5, 0.6) is 0 Å². The summed E-state index contributed by atoms with van der Waals surface area (Å²) in [6.45, 7) is 0. The molecule has 0 radical (unpaired) electrons. The Labute approximate surface area is 104 Å². The van der Waals surface area contributed by atoms with Crippen LogP contribution in [0.1, 0.15) is 5.69 Å². The van der Waals surface area contributed by atoms with Crippen LogP contribution >= 0.6 is 31.9 Å². The molecule has 0 saturated carbocycles. The van der Waals surface area contributed by atoms with E-state index in [0.717, 1.165) is 21.2 Å². The van der Waals surface area contributed by atoms with Crippen LogP contribution in [0.2, 0.25) is 0 Å². The Bertz CT molecular complexity index is 456. The van der Waals surface area contributed by atoms with Crippen LogP contribution in [0.3, 0.4) is 0 Å². The predicted molar refractivity (Wildman–Crippen MR) is 65.6 cm³/mol. The molecule has 0 saturated heterocycles. The first kappa shape index (κ1) is 10.7. The molecule has 2 rings (SSSR count). The Morgan fingerprint density at radius 2 is 1.87 bits per heavy atom. The van der Waals surface area contributed by atoms with Gasteiger partial charge in [0.05, 0.1) is 10.2 Å². The van der Waals surface area contributed by atoms with Crippen molar-refractivity contribution in [1.29, 1.82) is 0 Å². The van der Waals surface area contributed by atoms with Crippen molar-refractivity contribution in [2.75, 3.05) is 0 Å².